The second-order valence-corrected chi connectivity index (χ2v) is 6.29. The molecule has 26 heavy (non-hydrogen) atoms. The van der Waals surface area contributed by atoms with Crippen LogP contribution in [0.5, 0.6) is 5.75 Å². The van der Waals surface area contributed by atoms with Gasteiger partial charge in [0.1, 0.15) is 5.75 Å². The van der Waals surface area contributed by atoms with Crippen LogP contribution in [-0.4, -0.2) is 18.7 Å². The summed E-state index contributed by atoms with van der Waals surface area (Å²) in [4.78, 5) is 4.54. The van der Waals surface area contributed by atoms with Crippen molar-refractivity contribution in [2.45, 2.75) is 26.4 Å². The molecule has 3 nitrogen and oxygen atoms in total. The average molecular weight is 347 g/mol. The number of methoxy groups -OCH3 is 1. The lowest BCUT2D eigenvalue weighted by Crippen LogP contribution is -2.02. The lowest BCUT2D eigenvalue weighted by atomic mass is 10.0. The first kappa shape index (κ1) is 18.2. The molecule has 0 saturated carbocycles. The van der Waals surface area contributed by atoms with E-state index in [9.17, 15) is 0 Å². The predicted octanol–water partition coefficient (Wildman–Crippen LogP) is 5.45. The topological polar surface area (TPSA) is 31.4 Å². The fourth-order valence-electron chi connectivity index (χ4n) is 2.97. The molecule has 3 aromatic rings. The van der Waals surface area contributed by atoms with E-state index < -0.39 is 0 Å². The Morgan fingerprint density at radius 1 is 0.923 bits per heavy atom. The number of nitrogens with zero attached hydrogens (tertiary/aromatic N) is 1. The van der Waals surface area contributed by atoms with Crippen LogP contribution in [0.2, 0.25) is 0 Å². The van der Waals surface area contributed by atoms with Crippen LogP contribution in [0.4, 0.5) is 0 Å². The van der Waals surface area contributed by atoms with Crippen LogP contribution in [0, 0.1) is 0 Å². The number of ether oxygens (including phenoxy) is 2. The summed E-state index contributed by atoms with van der Waals surface area (Å²) in [6.45, 7) is 4.73. The van der Waals surface area contributed by atoms with Crippen LogP contribution in [0.15, 0.2) is 66.9 Å². The van der Waals surface area contributed by atoms with Gasteiger partial charge in [0.25, 0.3) is 0 Å². The largest absolute Gasteiger partial charge is 0.497 e. The number of hydrogen-bond acceptors (Lipinski definition) is 3. The third-order valence-corrected chi connectivity index (χ3v) is 4.45. The summed E-state index contributed by atoms with van der Waals surface area (Å²) in [6.07, 6.45) is 2.85. The van der Waals surface area contributed by atoms with Gasteiger partial charge in [-0.25, -0.2) is 0 Å². The third kappa shape index (κ3) is 4.50. The number of hydrogen-bond donors (Lipinski definition) is 0. The Morgan fingerprint density at radius 3 is 2.35 bits per heavy atom. The van der Waals surface area contributed by atoms with Crippen molar-refractivity contribution in [1.82, 2.24) is 4.98 Å². The molecule has 1 unspecified atom stereocenters. The molecule has 1 aromatic heterocycles. The maximum Gasteiger partial charge on any atom is 0.119 e. The monoisotopic (exact) mass is 347 g/mol. The molecule has 1 heterocycles. The highest BCUT2D eigenvalue weighted by molar-refractivity contribution is 5.65. The number of benzene rings is 2. The van der Waals surface area contributed by atoms with Crippen molar-refractivity contribution in [1.29, 1.82) is 0 Å². The Hall–Kier alpha value is -2.65. The zero-order valence-corrected chi connectivity index (χ0v) is 15.6. The molecule has 0 saturated heterocycles. The van der Waals surface area contributed by atoms with Crippen LogP contribution in [0.3, 0.4) is 0 Å². The molecule has 0 amide bonds. The molecule has 0 N–H and O–H groups in total. The van der Waals surface area contributed by atoms with Crippen molar-refractivity contribution >= 4 is 0 Å². The molecule has 2 aromatic carbocycles. The fourth-order valence-corrected chi connectivity index (χ4v) is 2.97. The molecular weight excluding hydrogens is 322 g/mol. The highest BCUT2D eigenvalue weighted by atomic mass is 16.5. The number of pyridine rings is 1. The van der Waals surface area contributed by atoms with Crippen molar-refractivity contribution in [3.8, 4) is 16.9 Å². The quantitative estimate of drug-likeness (QED) is 0.570. The van der Waals surface area contributed by atoms with Gasteiger partial charge in [0.05, 0.1) is 18.9 Å². The van der Waals surface area contributed by atoms with Gasteiger partial charge in [-0.05, 0) is 60.7 Å². The minimum atomic E-state index is 0.0381. The lowest BCUT2D eigenvalue weighted by molar-refractivity contribution is 0.0733. The Morgan fingerprint density at radius 2 is 1.69 bits per heavy atom. The van der Waals surface area contributed by atoms with E-state index in [0.717, 1.165) is 23.4 Å². The zero-order chi connectivity index (χ0) is 18.4. The van der Waals surface area contributed by atoms with E-state index in [1.54, 1.807) is 7.11 Å². The third-order valence-electron chi connectivity index (χ3n) is 4.45. The van der Waals surface area contributed by atoms with Crippen molar-refractivity contribution in [2.24, 2.45) is 0 Å². The minimum Gasteiger partial charge on any atom is -0.497 e. The molecule has 0 spiro atoms. The molecule has 3 heteroatoms. The van der Waals surface area contributed by atoms with Gasteiger partial charge in [-0.15, -0.1) is 0 Å². The molecule has 0 aliphatic heterocycles. The summed E-state index contributed by atoms with van der Waals surface area (Å²) in [5.41, 5.74) is 5.79. The van der Waals surface area contributed by atoms with E-state index >= 15 is 0 Å². The second-order valence-electron chi connectivity index (χ2n) is 6.29. The van der Waals surface area contributed by atoms with Gasteiger partial charge in [0, 0.05) is 12.8 Å². The maximum atomic E-state index is 5.59. The van der Waals surface area contributed by atoms with E-state index in [0.29, 0.717) is 6.61 Å². The van der Waals surface area contributed by atoms with Crippen molar-refractivity contribution in [3.05, 3.63) is 83.7 Å². The van der Waals surface area contributed by atoms with E-state index in [2.05, 4.69) is 53.5 Å². The highest BCUT2D eigenvalue weighted by Gasteiger charge is 2.07. The van der Waals surface area contributed by atoms with E-state index in [4.69, 9.17) is 9.47 Å². The van der Waals surface area contributed by atoms with Gasteiger partial charge in [-0.1, -0.05) is 42.5 Å². The van der Waals surface area contributed by atoms with Gasteiger partial charge >= 0.3 is 0 Å². The Balaban J connectivity index is 1.69. The van der Waals surface area contributed by atoms with Gasteiger partial charge in [-0.2, -0.15) is 0 Å². The van der Waals surface area contributed by atoms with Gasteiger partial charge in [-0.3, -0.25) is 4.98 Å². The molecule has 0 aliphatic carbocycles. The highest BCUT2D eigenvalue weighted by Crippen LogP contribution is 2.24. The molecule has 0 bridgehead atoms. The standard InChI is InChI=1S/C23H25NO2/c1-4-26-17(2)23-13-10-19(16-24-23)14-18-8-11-20(12-9-18)21-6-5-7-22(15-21)25-3/h5-13,15-17H,4,14H2,1-3H3. The smallest absolute Gasteiger partial charge is 0.119 e. The maximum absolute atomic E-state index is 5.59. The number of rotatable bonds is 7. The first-order valence-corrected chi connectivity index (χ1v) is 8.99. The number of aromatic nitrogens is 1. The first-order valence-electron chi connectivity index (χ1n) is 8.99. The van der Waals surface area contributed by atoms with Crippen molar-refractivity contribution in [3.63, 3.8) is 0 Å². The average Bonchev–Trinajstić information content (AvgIpc) is 2.69. The van der Waals surface area contributed by atoms with Crippen LogP contribution >= 0.6 is 0 Å². The second kappa shape index (κ2) is 8.63. The Kier molecular flexibility index (Phi) is 6.03. The van der Waals surface area contributed by atoms with Crippen LogP contribution in [-0.2, 0) is 11.2 Å². The van der Waals surface area contributed by atoms with Gasteiger partial charge in [0.2, 0.25) is 0 Å². The molecule has 0 fully saturated rings. The van der Waals surface area contributed by atoms with Crippen molar-refractivity contribution in [2.75, 3.05) is 13.7 Å². The van der Waals surface area contributed by atoms with Crippen LogP contribution in [0.1, 0.15) is 36.8 Å². The Labute approximate surface area is 155 Å². The fraction of sp³-hybridized carbons (Fsp3) is 0.261. The minimum absolute atomic E-state index is 0.0381. The van der Waals surface area contributed by atoms with E-state index in [-0.39, 0.29) is 6.10 Å². The summed E-state index contributed by atoms with van der Waals surface area (Å²) in [6, 6.07) is 21.0. The van der Waals surface area contributed by atoms with Crippen LogP contribution < -0.4 is 4.74 Å². The molecular formula is C23H25NO2. The molecule has 1 atom stereocenters. The lowest BCUT2D eigenvalue weighted by Gasteiger charge is -2.11. The van der Waals surface area contributed by atoms with Gasteiger partial charge in [0.15, 0.2) is 0 Å². The molecule has 0 aliphatic rings. The zero-order valence-electron chi connectivity index (χ0n) is 15.6. The molecule has 134 valence electrons. The van der Waals surface area contributed by atoms with E-state index in [1.165, 1.54) is 16.7 Å². The normalized spacial score (nSPS) is 12.0. The summed E-state index contributed by atoms with van der Waals surface area (Å²) in [5, 5.41) is 0. The predicted molar refractivity (Wildman–Crippen MR) is 106 cm³/mol. The summed E-state index contributed by atoms with van der Waals surface area (Å²) in [7, 11) is 1.69. The van der Waals surface area contributed by atoms with Crippen LogP contribution in [0.25, 0.3) is 11.1 Å². The van der Waals surface area contributed by atoms with E-state index in [1.807, 2.05) is 32.2 Å². The Bertz CT molecular complexity index is 826. The summed E-state index contributed by atoms with van der Waals surface area (Å²) >= 11 is 0. The van der Waals surface area contributed by atoms with Gasteiger partial charge < -0.3 is 9.47 Å². The molecule has 3 rings (SSSR count). The summed E-state index contributed by atoms with van der Waals surface area (Å²) < 4.78 is 10.9. The van der Waals surface area contributed by atoms with Crippen molar-refractivity contribution < 1.29 is 9.47 Å². The molecule has 0 radical (unpaired) electrons. The SMILES string of the molecule is CCOC(C)c1ccc(Cc2ccc(-c3cccc(OC)c3)cc2)cn1. The first-order chi connectivity index (χ1) is 12.7. The summed E-state index contributed by atoms with van der Waals surface area (Å²) in [5.74, 6) is 0.874.